The molecular formula is C13H12BrClN2O2S. The minimum absolute atomic E-state index is 0.0603. The van der Waals surface area contributed by atoms with Gasteiger partial charge in [-0.25, -0.2) is 8.42 Å². The van der Waals surface area contributed by atoms with E-state index in [4.69, 9.17) is 17.3 Å². The molecule has 0 saturated carbocycles. The molecule has 0 aliphatic heterocycles. The fraction of sp³-hybridized carbons (Fsp3) is 0.0769. The number of benzene rings is 2. The van der Waals surface area contributed by atoms with Crippen LogP contribution in [0.15, 0.2) is 45.8 Å². The third-order valence-corrected chi connectivity index (χ3v) is 5.03. The molecule has 0 aliphatic carbocycles. The van der Waals surface area contributed by atoms with Crippen molar-refractivity contribution >= 4 is 48.9 Å². The van der Waals surface area contributed by atoms with E-state index >= 15 is 0 Å². The molecule has 0 unspecified atom stereocenters. The summed E-state index contributed by atoms with van der Waals surface area (Å²) < 4.78 is 27.8. The molecule has 2 aromatic carbocycles. The minimum atomic E-state index is -3.71. The lowest BCUT2D eigenvalue weighted by Crippen LogP contribution is -2.13. The van der Waals surface area contributed by atoms with Gasteiger partial charge >= 0.3 is 0 Å². The molecule has 4 nitrogen and oxygen atoms in total. The van der Waals surface area contributed by atoms with Crippen molar-refractivity contribution in [1.29, 1.82) is 0 Å². The van der Waals surface area contributed by atoms with Gasteiger partial charge in [-0.15, -0.1) is 0 Å². The van der Waals surface area contributed by atoms with E-state index in [-0.39, 0.29) is 9.92 Å². The molecule has 0 radical (unpaired) electrons. The fourth-order valence-corrected chi connectivity index (χ4v) is 3.41. The molecular weight excluding hydrogens is 364 g/mol. The second-order valence-electron chi connectivity index (χ2n) is 4.27. The molecule has 0 spiro atoms. The van der Waals surface area contributed by atoms with Crippen LogP contribution in [0.5, 0.6) is 0 Å². The third kappa shape index (κ3) is 3.26. The van der Waals surface area contributed by atoms with Gasteiger partial charge in [-0.3, -0.25) is 4.72 Å². The lowest BCUT2D eigenvalue weighted by molar-refractivity contribution is 0.601. The summed E-state index contributed by atoms with van der Waals surface area (Å²) in [7, 11) is -3.71. The highest BCUT2D eigenvalue weighted by Crippen LogP contribution is 2.28. The number of nitrogens with one attached hydrogen (secondary N) is 1. The average molecular weight is 376 g/mol. The Labute approximate surface area is 131 Å². The second-order valence-corrected chi connectivity index (χ2v) is 7.22. The van der Waals surface area contributed by atoms with Gasteiger partial charge in [0.15, 0.2) is 0 Å². The van der Waals surface area contributed by atoms with Gasteiger partial charge in [-0.1, -0.05) is 17.7 Å². The van der Waals surface area contributed by atoms with Crippen LogP contribution in [0.4, 0.5) is 11.4 Å². The van der Waals surface area contributed by atoms with E-state index in [2.05, 4.69) is 20.7 Å². The van der Waals surface area contributed by atoms with Crippen molar-refractivity contribution in [3.63, 3.8) is 0 Å². The summed E-state index contributed by atoms with van der Waals surface area (Å²) in [4.78, 5) is 0.0603. The third-order valence-electron chi connectivity index (χ3n) is 2.65. The van der Waals surface area contributed by atoms with Crippen LogP contribution in [-0.4, -0.2) is 8.42 Å². The van der Waals surface area contributed by atoms with Gasteiger partial charge in [-0.05, 0) is 58.7 Å². The molecule has 0 aliphatic rings. The summed E-state index contributed by atoms with van der Waals surface area (Å²) in [6.07, 6.45) is 0. The zero-order valence-electron chi connectivity index (χ0n) is 10.5. The van der Waals surface area contributed by atoms with Crippen LogP contribution in [0.3, 0.4) is 0 Å². The first-order chi connectivity index (χ1) is 9.29. The summed E-state index contributed by atoms with van der Waals surface area (Å²) in [5.74, 6) is 0. The van der Waals surface area contributed by atoms with Gasteiger partial charge < -0.3 is 5.73 Å². The van der Waals surface area contributed by atoms with E-state index in [1.54, 1.807) is 12.1 Å². The maximum Gasteiger partial charge on any atom is 0.261 e. The maximum absolute atomic E-state index is 12.3. The Bertz CT molecular complexity index is 763. The van der Waals surface area contributed by atoms with Crippen LogP contribution in [0.1, 0.15) is 5.56 Å². The number of hydrogen-bond acceptors (Lipinski definition) is 3. The van der Waals surface area contributed by atoms with Gasteiger partial charge in [0, 0.05) is 4.47 Å². The van der Waals surface area contributed by atoms with Gasteiger partial charge in [0.1, 0.15) is 0 Å². The Morgan fingerprint density at radius 3 is 2.55 bits per heavy atom. The van der Waals surface area contributed by atoms with E-state index in [1.807, 2.05) is 13.0 Å². The minimum Gasteiger partial charge on any atom is -0.398 e. The molecule has 2 rings (SSSR count). The summed E-state index contributed by atoms with van der Waals surface area (Å²) in [5.41, 5.74) is 7.33. The Morgan fingerprint density at radius 2 is 1.90 bits per heavy atom. The number of sulfonamides is 1. The van der Waals surface area contributed by atoms with E-state index in [1.165, 1.54) is 18.2 Å². The van der Waals surface area contributed by atoms with Crippen LogP contribution in [0.25, 0.3) is 0 Å². The molecule has 0 atom stereocenters. The number of nitrogens with two attached hydrogens (primary N) is 1. The first-order valence-electron chi connectivity index (χ1n) is 5.63. The van der Waals surface area contributed by atoms with Crippen molar-refractivity contribution in [2.75, 3.05) is 10.5 Å². The summed E-state index contributed by atoms with van der Waals surface area (Å²) in [6, 6.07) is 9.59. The van der Waals surface area contributed by atoms with Gasteiger partial charge in [0.2, 0.25) is 0 Å². The predicted molar refractivity (Wildman–Crippen MR) is 85.6 cm³/mol. The molecule has 0 heterocycles. The van der Waals surface area contributed by atoms with Crippen LogP contribution >= 0.6 is 27.5 Å². The summed E-state index contributed by atoms with van der Waals surface area (Å²) in [6.45, 7) is 1.88. The largest absolute Gasteiger partial charge is 0.398 e. The van der Waals surface area contributed by atoms with Crippen molar-refractivity contribution in [3.05, 3.63) is 51.5 Å². The zero-order chi connectivity index (χ0) is 14.9. The first-order valence-corrected chi connectivity index (χ1v) is 8.29. The number of hydrogen-bond donors (Lipinski definition) is 2. The van der Waals surface area contributed by atoms with Crippen LogP contribution in [0.2, 0.25) is 5.02 Å². The first kappa shape index (κ1) is 15.2. The number of aryl methyl sites for hydroxylation is 1. The van der Waals surface area contributed by atoms with Crippen molar-refractivity contribution in [1.82, 2.24) is 0 Å². The van der Waals surface area contributed by atoms with Crippen molar-refractivity contribution in [3.8, 4) is 0 Å². The lowest BCUT2D eigenvalue weighted by Gasteiger charge is -2.11. The Morgan fingerprint density at radius 1 is 1.20 bits per heavy atom. The quantitative estimate of drug-likeness (QED) is 0.802. The van der Waals surface area contributed by atoms with Crippen LogP contribution in [0, 0.1) is 6.92 Å². The van der Waals surface area contributed by atoms with E-state index in [0.717, 1.165) is 5.56 Å². The van der Waals surface area contributed by atoms with Crippen molar-refractivity contribution in [2.45, 2.75) is 11.8 Å². The van der Waals surface area contributed by atoms with E-state index < -0.39 is 10.0 Å². The summed E-state index contributed by atoms with van der Waals surface area (Å²) >= 11 is 9.16. The molecule has 0 amide bonds. The molecule has 3 N–H and O–H groups in total. The van der Waals surface area contributed by atoms with E-state index in [0.29, 0.717) is 15.8 Å². The van der Waals surface area contributed by atoms with Crippen molar-refractivity contribution in [2.24, 2.45) is 0 Å². The van der Waals surface area contributed by atoms with Gasteiger partial charge in [0.25, 0.3) is 10.0 Å². The maximum atomic E-state index is 12.3. The second kappa shape index (κ2) is 5.63. The standard InChI is InChI=1S/C13H12BrClN2O2S/c1-8-2-4-10(14)13(6-8)17-20(18,19)9-3-5-12(16)11(15)7-9/h2-7,17H,16H2,1H3. The molecule has 7 heteroatoms. The van der Waals surface area contributed by atoms with Crippen molar-refractivity contribution < 1.29 is 8.42 Å². The molecule has 20 heavy (non-hydrogen) atoms. The average Bonchev–Trinajstić information content (AvgIpc) is 2.36. The number of anilines is 2. The van der Waals surface area contributed by atoms with E-state index in [9.17, 15) is 8.42 Å². The summed E-state index contributed by atoms with van der Waals surface area (Å²) in [5, 5.41) is 0.205. The Kier molecular flexibility index (Phi) is 4.27. The van der Waals surface area contributed by atoms with Gasteiger partial charge in [0.05, 0.1) is 21.3 Å². The SMILES string of the molecule is Cc1ccc(Br)c(NS(=O)(=O)c2ccc(N)c(Cl)c2)c1. The van der Waals surface area contributed by atoms with Crippen LogP contribution in [-0.2, 0) is 10.0 Å². The van der Waals surface area contributed by atoms with Gasteiger partial charge in [-0.2, -0.15) is 0 Å². The monoisotopic (exact) mass is 374 g/mol. The number of nitrogen functional groups attached to an aromatic ring is 1. The number of halogens is 2. The Balaban J connectivity index is 2.40. The molecule has 106 valence electrons. The number of rotatable bonds is 3. The molecule has 0 fully saturated rings. The highest BCUT2D eigenvalue weighted by molar-refractivity contribution is 9.10. The highest BCUT2D eigenvalue weighted by atomic mass is 79.9. The molecule has 0 bridgehead atoms. The topological polar surface area (TPSA) is 72.2 Å². The Hall–Kier alpha value is -1.24. The molecule has 0 saturated heterocycles. The smallest absolute Gasteiger partial charge is 0.261 e. The molecule has 2 aromatic rings. The highest BCUT2D eigenvalue weighted by Gasteiger charge is 2.16. The lowest BCUT2D eigenvalue weighted by atomic mass is 10.2. The normalized spacial score (nSPS) is 11.3. The zero-order valence-corrected chi connectivity index (χ0v) is 13.7. The molecule has 0 aromatic heterocycles. The fourth-order valence-electron chi connectivity index (χ4n) is 1.60. The van der Waals surface area contributed by atoms with Crippen LogP contribution < -0.4 is 10.5 Å². The predicted octanol–water partition coefficient (Wildman–Crippen LogP) is 3.79.